The average molecular weight is 354 g/mol. The molecule has 138 valence electrons. The van der Waals surface area contributed by atoms with Gasteiger partial charge < -0.3 is 29.5 Å². The van der Waals surface area contributed by atoms with Crippen LogP contribution in [0.3, 0.4) is 0 Å². The van der Waals surface area contributed by atoms with Gasteiger partial charge >= 0.3 is 35.6 Å². The second-order valence-corrected chi connectivity index (χ2v) is 4.39. The molecule has 0 rings (SSSR count). The smallest absolute Gasteiger partial charge is 0.419 e. The van der Waals surface area contributed by atoms with Gasteiger partial charge in [-0.2, -0.15) is 0 Å². The van der Waals surface area contributed by atoms with E-state index < -0.39 is 48.3 Å². The monoisotopic (exact) mass is 354 g/mol. The summed E-state index contributed by atoms with van der Waals surface area (Å²) >= 11 is 0. The quantitative estimate of drug-likeness (QED) is 0.187. The molecule has 0 aliphatic rings. The first-order chi connectivity index (χ1) is 10.9. The third-order valence-corrected chi connectivity index (χ3v) is 2.19. The number of rotatable bonds is 8. The number of carbonyl (C=O) groups is 4. The molecule has 0 aliphatic heterocycles. The number of hydrogen-bond acceptors (Lipinski definition) is 12. The van der Waals surface area contributed by atoms with E-state index >= 15 is 0 Å². The van der Waals surface area contributed by atoms with Crippen molar-refractivity contribution >= 4 is 23.9 Å². The molecular formula is C12H18O12. The topological polar surface area (TPSA) is 175 Å². The van der Waals surface area contributed by atoms with Crippen LogP contribution in [0.4, 0.5) is 0 Å². The van der Waals surface area contributed by atoms with Crippen LogP contribution < -0.4 is 0 Å². The van der Waals surface area contributed by atoms with Gasteiger partial charge in [-0.3, -0.25) is 19.3 Å². The summed E-state index contributed by atoms with van der Waals surface area (Å²) in [6.45, 7) is 1.88. The molecular weight excluding hydrogens is 336 g/mol. The largest absolute Gasteiger partial charge is 0.484 e. The minimum Gasteiger partial charge on any atom is -0.419 e. The molecule has 0 aromatic carbocycles. The summed E-state index contributed by atoms with van der Waals surface area (Å²) in [5, 5.41) is 29.3. The van der Waals surface area contributed by atoms with Crippen molar-refractivity contribution in [2.24, 2.45) is 0 Å². The zero-order valence-corrected chi connectivity index (χ0v) is 13.3. The van der Waals surface area contributed by atoms with Gasteiger partial charge in [0.2, 0.25) is 0 Å². The molecule has 24 heavy (non-hydrogen) atoms. The lowest BCUT2D eigenvalue weighted by atomic mass is 10.1. The molecule has 0 aromatic heterocycles. The van der Waals surface area contributed by atoms with Gasteiger partial charge in [-0.05, 0) is 0 Å². The van der Waals surface area contributed by atoms with Crippen molar-refractivity contribution in [3.63, 3.8) is 0 Å². The molecule has 0 saturated carbocycles. The second kappa shape index (κ2) is 8.54. The second-order valence-electron chi connectivity index (χ2n) is 4.39. The van der Waals surface area contributed by atoms with Crippen LogP contribution in [0.15, 0.2) is 0 Å². The van der Waals surface area contributed by atoms with Gasteiger partial charge in [0.1, 0.15) is 0 Å². The summed E-state index contributed by atoms with van der Waals surface area (Å²) in [5.74, 6) is -11.9. The lowest BCUT2D eigenvalue weighted by Crippen LogP contribution is -2.69. The highest BCUT2D eigenvalue weighted by Gasteiger charge is 2.68. The maximum Gasteiger partial charge on any atom is 0.484 e. The minimum absolute atomic E-state index is 0.771. The lowest BCUT2D eigenvalue weighted by Gasteiger charge is -2.41. The Balaban J connectivity index is 6.28. The summed E-state index contributed by atoms with van der Waals surface area (Å²) < 4.78 is 13.4. The molecule has 0 unspecified atom stereocenters. The van der Waals surface area contributed by atoms with Crippen LogP contribution >= 0.6 is 0 Å². The fourth-order valence-corrected chi connectivity index (χ4v) is 1.43. The SMILES string of the molecule is CC(=O)OOC(OC(C)=O)(OC(C)=O)[C@@](O)(OC(C)=O)[C@H](O)CO. The summed E-state index contributed by atoms with van der Waals surface area (Å²) in [4.78, 5) is 53.2. The number of hydrogen-bond donors (Lipinski definition) is 3. The molecule has 12 heteroatoms. The van der Waals surface area contributed by atoms with Gasteiger partial charge in [0.05, 0.1) is 6.61 Å². The van der Waals surface area contributed by atoms with Gasteiger partial charge in [0.15, 0.2) is 6.10 Å². The first kappa shape index (κ1) is 21.7. The standard InChI is InChI=1S/C12H18O12/c1-6(14)20-11(19,10(18)5-13)12(21-7(2)15,22-8(3)16)24-23-9(4)17/h10,13,18-19H,5H2,1-4H3/t10-,11+/m1/s1. The van der Waals surface area contributed by atoms with Crippen molar-refractivity contribution in [3.05, 3.63) is 0 Å². The first-order valence-electron chi connectivity index (χ1n) is 6.36. The molecule has 0 fully saturated rings. The van der Waals surface area contributed by atoms with E-state index in [1.807, 2.05) is 0 Å². The summed E-state index contributed by atoms with van der Waals surface area (Å²) in [6, 6.07) is 0. The van der Waals surface area contributed by atoms with Gasteiger partial charge in [-0.25, -0.2) is 4.79 Å². The Morgan fingerprint density at radius 3 is 1.58 bits per heavy atom. The van der Waals surface area contributed by atoms with Crippen LogP contribution in [0.2, 0.25) is 0 Å². The highest BCUT2D eigenvalue weighted by molar-refractivity contribution is 5.70. The van der Waals surface area contributed by atoms with E-state index in [-0.39, 0.29) is 0 Å². The van der Waals surface area contributed by atoms with Crippen molar-refractivity contribution in [2.45, 2.75) is 45.6 Å². The zero-order valence-electron chi connectivity index (χ0n) is 13.3. The lowest BCUT2D eigenvalue weighted by molar-refractivity contribution is -0.540. The number of aliphatic hydroxyl groups excluding tert-OH is 2. The molecule has 0 aliphatic carbocycles. The maximum absolute atomic E-state index is 11.3. The van der Waals surface area contributed by atoms with Crippen molar-refractivity contribution in [1.29, 1.82) is 0 Å². The molecule has 0 bridgehead atoms. The summed E-state index contributed by atoms with van der Waals surface area (Å²) in [5.41, 5.74) is 0. The highest BCUT2D eigenvalue weighted by atomic mass is 17.3. The number of carbonyl (C=O) groups excluding carboxylic acids is 4. The van der Waals surface area contributed by atoms with Crippen molar-refractivity contribution < 1.29 is 58.5 Å². The Morgan fingerprint density at radius 1 is 0.875 bits per heavy atom. The van der Waals surface area contributed by atoms with Crippen molar-refractivity contribution in [3.8, 4) is 0 Å². The van der Waals surface area contributed by atoms with Gasteiger partial charge in [-0.15, -0.1) is 0 Å². The molecule has 12 nitrogen and oxygen atoms in total. The predicted octanol–water partition coefficient (Wildman–Crippen LogP) is -2.13. The number of esters is 3. The van der Waals surface area contributed by atoms with Crippen molar-refractivity contribution in [1.82, 2.24) is 0 Å². The third-order valence-electron chi connectivity index (χ3n) is 2.19. The summed E-state index contributed by atoms with van der Waals surface area (Å²) in [6.07, 6.45) is -2.41. The van der Waals surface area contributed by atoms with E-state index in [9.17, 15) is 29.4 Å². The van der Waals surface area contributed by atoms with Crippen LogP contribution in [0.25, 0.3) is 0 Å². The molecule has 0 amide bonds. The van der Waals surface area contributed by atoms with Crippen LogP contribution in [-0.4, -0.2) is 63.7 Å². The average Bonchev–Trinajstić information content (AvgIpc) is 2.41. The molecule has 0 spiro atoms. The fourth-order valence-electron chi connectivity index (χ4n) is 1.43. The van der Waals surface area contributed by atoms with E-state index in [1.165, 1.54) is 0 Å². The predicted molar refractivity (Wildman–Crippen MR) is 68.9 cm³/mol. The normalized spacial score (nSPS) is 14.8. The molecule has 0 aromatic rings. The van der Waals surface area contributed by atoms with Crippen LogP contribution in [0.1, 0.15) is 27.7 Å². The zero-order chi connectivity index (χ0) is 19.1. The van der Waals surface area contributed by atoms with E-state index in [2.05, 4.69) is 24.0 Å². The summed E-state index contributed by atoms with van der Waals surface area (Å²) in [7, 11) is 0. The van der Waals surface area contributed by atoms with E-state index in [1.54, 1.807) is 0 Å². The molecule has 3 N–H and O–H groups in total. The molecule has 2 atom stereocenters. The Kier molecular flexibility index (Phi) is 7.73. The molecule has 0 radical (unpaired) electrons. The Labute approximate surface area is 135 Å². The van der Waals surface area contributed by atoms with Crippen LogP contribution in [-0.2, 0) is 43.2 Å². The Bertz CT molecular complexity index is 484. The van der Waals surface area contributed by atoms with Crippen LogP contribution in [0, 0.1) is 0 Å². The molecule has 0 saturated heterocycles. The van der Waals surface area contributed by atoms with Gasteiger partial charge in [-0.1, -0.05) is 4.89 Å². The Hall–Kier alpha value is -2.28. The number of ether oxygens (including phenoxy) is 3. The van der Waals surface area contributed by atoms with Gasteiger partial charge in [0, 0.05) is 27.7 Å². The van der Waals surface area contributed by atoms with Gasteiger partial charge in [0.25, 0.3) is 0 Å². The molecule has 0 heterocycles. The van der Waals surface area contributed by atoms with E-state index in [4.69, 9.17) is 5.11 Å². The number of aliphatic hydroxyl groups is 3. The van der Waals surface area contributed by atoms with Crippen molar-refractivity contribution in [2.75, 3.05) is 6.61 Å². The maximum atomic E-state index is 11.3. The van der Waals surface area contributed by atoms with Crippen LogP contribution in [0.5, 0.6) is 0 Å². The fraction of sp³-hybridized carbons (Fsp3) is 0.667. The van der Waals surface area contributed by atoms with E-state index in [0.717, 1.165) is 27.7 Å². The Morgan fingerprint density at radius 2 is 1.29 bits per heavy atom. The third kappa shape index (κ3) is 5.42. The first-order valence-corrected chi connectivity index (χ1v) is 6.36. The highest BCUT2D eigenvalue weighted by Crippen LogP contribution is 2.35. The van der Waals surface area contributed by atoms with E-state index in [0.29, 0.717) is 0 Å². The minimum atomic E-state index is -3.49.